The summed E-state index contributed by atoms with van der Waals surface area (Å²) >= 11 is 0. The minimum atomic E-state index is -0.801. The van der Waals surface area contributed by atoms with Crippen molar-refractivity contribution in [2.75, 3.05) is 19.7 Å². The molecule has 0 amide bonds. The van der Waals surface area contributed by atoms with Crippen LogP contribution in [0.3, 0.4) is 0 Å². The van der Waals surface area contributed by atoms with Gasteiger partial charge in [-0.15, -0.1) is 0 Å². The van der Waals surface area contributed by atoms with Crippen LogP contribution < -0.4 is 10.1 Å². The number of nitrogens with zero attached hydrogens (tertiary/aromatic N) is 2. The zero-order chi connectivity index (χ0) is 11.9. The van der Waals surface area contributed by atoms with Crippen LogP contribution in [0.2, 0.25) is 0 Å². The second-order valence-corrected chi connectivity index (χ2v) is 4.56. The minimum Gasteiger partial charge on any atom is -0.481 e. The number of carboxylic acid groups (broad SMARTS) is 1. The van der Waals surface area contributed by atoms with Gasteiger partial charge in [-0.05, 0) is 25.9 Å². The van der Waals surface area contributed by atoms with Crippen LogP contribution in [0.1, 0.15) is 18.5 Å². The van der Waals surface area contributed by atoms with Gasteiger partial charge in [-0.1, -0.05) is 0 Å². The maximum Gasteiger partial charge on any atom is 0.315 e. The molecule has 3 heterocycles. The van der Waals surface area contributed by atoms with E-state index in [1.54, 1.807) is 6.20 Å². The fourth-order valence-corrected chi connectivity index (χ4v) is 2.73. The van der Waals surface area contributed by atoms with Gasteiger partial charge in [0.2, 0.25) is 0 Å². The molecule has 0 aromatic carbocycles. The second kappa shape index (κ2) is 3.73. The van der Waals surface area contributed by atoms with E-state index in [0.29, 0.717) is 32.0 Å². The summed E-state index contributed by atoms with van der Waals surface area (Å²) in [6.07, 6.45) is 2.87. The zero-order valence-corrected chi connectivity index (χ0v) is 9.48. The molecule has 0 unspecified atom stereocenters. The zero-order valence-electron chi connectivity index (χ0n) is 9.48. The maximum atomic E-state index is 11.7. The lowest BCUT2D eigenvalue weighted by atomic mass is 9.76. The molecule has 0 radical (unpaired) electrons. The molecule has 92 valence electrons. The number of carbonyl (C=O) groups is 1. The molecule has 6 nitrogen and oxygen atoms in total. The smallest absolute Gasteiger partial charge is 0.315 e. The third-order valence-corrected chi connectivity index (χ3v) is 3.72. The highest BCUT2D eigenvalue weighted by molar-refractivity contribution is 5.81. The molecule has 17 heavy (non-hydrogen) atoms. The normalized spacial score (nSPS) is 21.9. The summed E-state index contributed by atoms with van der Waals surface area (Å²) in [6, 6.07) is 0.555. The lowest BCUT2D eigenvalue weighted by Gasteiger charge is -2.33. The molecular formula is C11H15N3O3. The summed E-state index contributed by atoms with van der Waals surface area (Å²) < 4.78 is 7.24. The number of carboxylic acids is 1. The quantitative estimate of drug-likeness (QED) is 0.756. The predicted molar refractivity (Wildman–Crippen MR) is 59.1 cm³/mol. The van der Waals surface area contributed by atoms with Crippen molar-refractivity contribution in [2.45, 2.75) is 24.8 Å². The second-order valence-electron chi connectivity index (χ2n) is 4.56. The van der Waals surface area contributed by atoms with E-state index < -0.39 is 11.4 Å². The van der Waals surface area contributed by atoms with Crippen molar-refractivity contribution in [3.8, 4) is 6.01 Å². The van der Waals surface area contributed by atoms with Crippen molar-refractivity contribution in [3.63, 3.8) is 0 Å². The molecule has 1 aromatic rings. The number of piperidine rings is 1. The van der Waals surface area contributed by atoms with Gasteiger partial charge in [0.1, 0.15) is 12.0 Å². The number of imidazole rings is 1. The van der Waals surface area contributed by atoms with E-state index in [-0.39, 0.29) is 0 Å². The van der Waals surface area contributed by atoms with E-state index in [1.165, 1.54) is 0 Å². The Balaban J connectivity index is 2.06. The van der Waals surface area contributed by atoms with E-state index in [2.05, 4.69) is 10.3 Å². The van der Waals surface area contributed by atoms with Crippen LogP contribution in [-0.2, 0) is 16.8 Å². The van der Waals surface area contributed by atoms with Gasteiger partial charge in [0.05, 0.1) is 18.4 Å². The Labute approximate surface area is 98.6 Å². The molecule has 6 heteroatoms. The number of rotatable bonds is 2. The summed E-state index contributed by atoms with van der Waals surface area (Å²) in [5.41, 5.74) is -0.0106. The van der Waals surface area contributed by atoms with Crippen molar-refractivity contribution >= 4 is 5.97 Å². The number of fused-ring (bicyclic) bond motifs is 1. The van der Waals surface area contributed by atoms with Gasteiger partial charge in [0.25, 0.3) is 6.01 Å². The molecule has 1 fully saturated rings. The molecule has 2 N–H and O–H groups in total. The van der Waals surface area contributed by atoms with Crippen molar-refractivity contribution in [1.82, 2.24) is 14.9 Å². The first-order valence-corrected chi connectivity index (χ1v) is 5.87. The number of nitrogens with one attached hydrogen (secondary N) is 1. The number of hydrogen-bond acceptors (Lipinski definition) is 4. The van der Waals surface area contributed by atoms with Gasteiger partial charge in [-0.3, -0.25) is 9.36 Å². The predicted octanol–water partition coefficient (Wildman–Crippen LogP) is -0.0187. The van der Waals surface area contributed by atoms with Crippen molar-refractivity contribution in [1.29, 1.82) is 0 Å². The van der Waals surface area contributed by atoms with Crippen molar-refractivity contribution in [2.24, 2.45) is 0 Å². The first-order chi connectivity index (χ1) is 8.24. The van der Waals surface area contributed by atoms with Crippen LogP contribution >= 0.6 is 0 Å². The maximum absolute atomic E-state index is 11.7. The summed E-state index contributed by atoms with van der Waals surface area (Å²) in [5.74, 6) is -0.756. The summed E-state index contributed by atoms with van der Waals surface area (Å²) in [6.45, 7) is 2.75. The Morgan fingerprint density at radius 3 is 3.00 bits per heavy atom. The van der Waals surface area contributed by atoms with Gasteiger partial charge >= 0.3 is 5.97 Å². The third-order valence-electron chi connectivity index (χ3n) is 3.72. The number of hydrogen-bond donors (Lipinski definition) is 2. The van der Waals surface area contributed by atoms with Gasteiger partial charge in [-0.25, -0.2) is 4.98 Å². The van der Waals surface area contributed by atoms with Crippen LogP contribution in [0.5, 0.6) is 6.01 Å². The van der Waals surface area contributed by atoms with Crippen LogP contribution in [0.25, 0.3) is 0 Å². The Bertz CT molecular complexity index is 449. The molecule has 2 aliphatic rings. The van der Waals surface area contributed by atoms with Crippen LogP contribution in [-0.4, -0.2) is 40.3 Å². The SMILES string of the molecule is O=C(O)C1(c2cnc3n2CCO3)CCNCC1. The van der Waals surface area contributed by atoms with E-state index >= 15 is 0 Å². The van der Waals surface area contributed by atoms with Crippen molar-refractivity contribution < 1.29 is 14.6 Å². The molecule has 0 spiro atoms. The highest BCUT2D eigenvalue weighted by Gasteiger charge is 2.45. The Kier molecular flexibility index (Phi) is 2.32. The van der Waals surface area contributed by atoms with Crippen LogP contribution in [0.4, 0.5) is 0 Å². The monoisotopic (exact) mass is 237 g/mol. The summed E-state index contributed by atoms with van der Waals surface area (Å²) in [5, 5.41) is 12.8. The fourth-order valence-electron chi connectivity index (χ4n) is 2.73. The Morgan fingerprint density at radius 2 is 2.29 bits per heavy atom. The van der Waals surface area contributed by atoms with Crippen LogP contribution in [0, 0.1) is 0 Å². The number of ether oxygens (including phenoxy) is 1. The van der Waals surface area contributed by atoms with Crippen molar-refractivity contribution in [3.05, 3.63) is 11.9 Å². The van der Waals surface area contributed by atoms with E-state index in [9.17, 15) is 9.90 Å². The van der Waals surface area contributed by atoms with E-state index in [1.807, 2.05) is 4.57 Å². The molecule has 0 atom stereocenters. The molecular weight excluding hydrogens is 222 g/mol. The molecule has 3 rings (SSSR count). The van der Waals surface area contributed by atoms with Gasteiger partial charge in [0.15, 0.2) is 0 Å². The Morgan fingerprint density at radius 1 is 1.53 bits per heavy atom. The average molecular weight is 237 g/mol. The molecule has 0 bridgehead atoms. The Hall–Kier alpha value is -1.56. The average Bonchev–Trinajstić information content (AvgIpc) is 2.91. The molecule has 1 saturated heterocycles. The van der Waals surface area contributed by atoms with Crippen LogP contribution in [0.15, 0.2) is 6.20 Å². The highest BCUT2D eigenvalue weighted by Crippen LogP contribution is 2.36. The lowest BCUT2D eigenvalue weighted by molar-refractivity contribution is -0.145. The summed E-state index contributed by atoms with van der Waals surface area (Å²) in [4.78, 5) is 15.8. The number of aliphatic carboxylic acids is 1. The highest BCUT2D eigenvalue weighted by atomic mass is 16.5. The van der Waals surface area contributed by atoms with Gasteiger partial charge < -0.3 is 15.2 Å². The minimum absolute atomic E-state index is 0.555. The first-order valence-electron chi connectivity index (χ1n) is 5.87. The van der Waals surface area contributed by atoms with E-state index in [0.717, 1.165) is 18.8 Å². The summed E-state index contributed by atoms with van der Waals surface area (Å²) in [7, 11) is 0. The molecule has 0 aliphatic carbocycles. The standard InChI is InChI=1S/C11H15N3O3/c15-9(16)11(1-3-12-4-2-11)8-7-13-10-14(8)5-6-17-10/h7,12H,1-6H2,(H,15,16). The fraction of sp³-hybridized carbons (Fsp3) is 0.636. The van der Waals surface area contributed by atoms with Gasteiger partial charge in [-0.2, -0.15) is 0 Å². The molecule has 2 aliphatic heterocycles. The lowest BCUT2D eigenvalue weighted by Crippen LogP contribution is -2.46. The molecule has 1 aromatic heterocycles. The number of aromatic nitrogens is 2. The molecule has 0 saturated carbocycles. The van der Waals surface area contributed by atoms with Gasteiger partial charge in [0, 0.05) is 0 Å². The van der Waals surface area contributed by atoms with E-state index in [4.69, 9.17) is 4.74 Å². The first kappa shape index (κ1) is 10.6. The third kappa shape index (κ3) is 1.44. The largest absolute Gasteiger partial charge is 0.481 e. The topological polar surface area (TPSA) is 76.4 Å².